The lowest BCUT2D eigenvalue weighted by atomic mass is 9.75. The normalized spacial score (nSPS) is 17.2. The third-order valence-corrected chi connectivity index (χ3v) is 8.70. The van der Waals surface area contributed by atoms with Crippen molar-refractivity contribution in [2.75, 3.05) is 0 Å². The number of nitrogens with zero attached hydrogens (tertiary/aromatic N) is 1. The van der Waals surface area contributed by atoms with E-state index in [1.807, 2.05) is 24.3 Å². The smallest absolute Gasteiger partial charge is 0.227 e. The minimum absolute atomic E-state index is 0.259. The Hall–Kier alpha value is -4.51. The maximum Gasteiger partial charge on any atom is 0.227 e. The maximum atomic E-state index is 6.43. The van der Waals surface area contributed by atoms with Gasteiger partial charge in [0.05, 0.1) is 18.2 Å². The van der Waals surface area contributed by atoms with Crippen LogP contribution >= 0.6 is 0 Å². The predicted molar refractivity (Wildman–Crippen MR) is 173 cm³/mol. The fraction of sp³-hybridized carbons (Fsp3) is 0.205. The van der Waals surface area contributed by atoms with E-state index in [2.05, 4.69) is 126 Å². The van der Waals surface area contributed by atoms with Crippen LogP contribution in [0.5, 0.6) is 0 Å². The van der Waals surface area contributed by atoms with Crippen LogP contribution in [0, 0.1) is 0 Å². The van der Waals surface area contributed by atoms with Gasteiger partial charge in [0.15, 0.2) is 5.58 Å². The molecule has 0 amide bonds. The highest BCUT2D eigenvalue weighted by Gasteiger charge is 2.38. The second-order valence-corrected chi connectivity index (χ2v) is 11.5. The van der Waals surface area contributed by atoms with E-state index in [9.17, 15) is 0 Å². The Morgan fingerprint density at radius 1 is 0.628 bits per heavy atom. The van der Waals surface area contributed by atoms with Gasteiger partial charge in [-0.15, -0.1) is 0 Å². The van der Waals surface area contributed by atoms with Crippen molar-refractivity contribution in [2.24, 2.45) is 0 Å². The molecule has 214 valence electrons. The summed E-state index contributed by atoms with van der Waals surface area (Å²) in [6, 6.07) is 49.2. The summed E-state index contributed by atoms with van der Waals surface area (Å²) in [5, 5.41) is 4.17. The minimum Gasteiger partial charge on any atom is -0.436 e. The first-order valence-corrected chi connectivity index (χ1v) is 15.3. The Balaban J connectivity index is 1.03. The lowest BCUT2D eigenvalue weighted by Gasteiger charge is -2.42. The van der Waals surface area contributed by atoms with E-state index in [1.54, 1.807) is 0 Å². The minimum atomic E-state index is -0.432. The molecule has 1 N–H and O–H groups in total. The highest BCUT2D eigenvalue weighted by molar-refractivity contribution is 5.76. The van der Waals surface area contributed by atoms with E-state index < -0.39 is 5.54 Å². The van der Waals surface area contributed by atoms with Crippen molar-refractivity contribution < 1.29 is 9.15 Å². The fourth-order valence-electron chi connectivity index (χ4n) is 6.45. The fourth-order valence-corrected chi connectivity index (χ4v) is 6.45. The Morgan fingerprint density at radius 2 is 1.16 bits per heavy atom. The number of aromatic nitrogens is 1. The third kappa shape index (κ3) is 5.77. The molecule has 0 saturated heterocycles. The van der Waals surface area contributed by atoms with Crippen molar-refractivity contribution in [1.29, 1.82) is 0 Å². The van der Waals surface area contributed by atoms with Gasteiger partial charge in [-0.1, -0.05) is 115 Å². The van der Waals surface area contributed by atoms with Gasteiger partial charge in [0.1, 0.15) is 5.52 Å². The number of para-hydroxylation sites is 2. The molecule has 0 atom stereocenters. The molecule has 4 nitrogen and oxygen atoms in total. The average Bonchev–Trinajstić information content (AvgIpc) is 3.53. The Bertz CT molecular complexity index is 1610. The van der Waals surface area contributed by atoms with Gasteiger partial charge in [-0.2, -0.15) is 0 Å². The quantitative estimate of drug-likeness (QED) is 0.178. The first-order chi connectivity index (χ1) is 21.3. The molecular formula is C39H36N2O2. The summed E-state index contributed by atoms with van der Waals surface area (Å²) >= 11 is 0. The first kappa shape index (κ1) is 27.3. The van der Waals surface area contributed by atoms with E-state index in [0.717, 1.165) is 47.9 Å². The molecule has 0 spiro atoms. The molecule has 0 bridgehead atoms. The predicted octanol–water partition coefficient (Wildman–Crippen LogP) is 8.90. The van der Waals surface area contributed by atoms with Crippen molar-refractivity contribution in [3.05, 3.63) is 162 Å². The molecule has 1 heterocycles. The molecule has 0 unspecified atom stereocenters. The molecule has 5 aromatic carbocycles. The zero-order valence-electron chi connectivity index (χ0n) is 24.2. The summed E-state index contributed by atoms with van der Waals surface area (Å²) < 4.78 is 12.4. The van der Waals surface area contributed by atoms with Crippen molar-refractivity contribution in [3.63, 3.8) is 0 Å². The number of fused-ring (bicyclic) bond motifs is 1. The molecule has 1 aliphatic carbocycles. The summed E-state index contributed by atoms with van der Waals surface area (Å²) in [6.07, 6.45) is 4.46. The maximum absolute atomic E-state index is 6.43. The number of oxazole rings is 1. The number of rotatable bonds is 9. The third-order valence-electron chi connectivity index (χ3n) is 8.70. The number of hydrogen-bond acceptors (Lipinski definition) is 4. The summed E-state index contributed by atoms with van der Waals surface area (Å²) in [4.78, 5) is 4.62. The summed E-state index contributed by atoms with van der Waals surface area (Å²) in [7, 11) is 0. The van der Waals surface area contributed by atoms with Crippen molar-refractivity contribution >= 4 is 11.1 Å². The molecule has 7 rings (SSSR count). The number of benzene rings is 5. The first-order valence-electron chi connectivity index (χ1n) is 15.3. The Morgan fingerprint density at radius 3 is 1.72 bits per heavy atom. The SMILES string of the molecule is c1ccc(C(NC2CCC(OCc3ccc(-c4nc5ccccc5o4)cc3)CC2)(c2ccccc2)c2ccccc2)cc1. The van der Waals surface area contributed by atoms with Crippen LogP contribution in [0.4, 0.5) is 0 Å². The van der Waals surface area contributed by atoms with Crippen molar-refractivity contribution in [2.45, 2.75) is 50.0 Å². The van der Waals surface area contributed by atoms with Gasteiger partial charge in [-0.3, -0.25) is 5.32 Å². The van der Waals surface area contributed by atoms with E-state index >= 15 is 0 Å². The number of hydrogen-bond donors (Lipinski definition) is 1. The molecule has 0 radical (unpaired) electrons. The standard InChI is InChI=1S/C39H36N2O2/c1-4-12-31(13-5-1)39(32-14-6-2-7-15-32,33-16-8-3-9-17-33)41-34-24-26-35(27-25-34)42-28-29-20-22-30(23-21-29)38-40-36-18-10-11-19-37(36)43-38/h1-23,34-35,41H,24-28H2. The van der Waals surface area contributed by atoms with Crippen molar-refractivity contribution in [1.82, 2.24) is 10.3 Å². The highest BCUT2D eigenvalue weighted by Crippen LogP contribution is 2.39. The van der Waals surface area contributed by atoms with E-state index in [1.165, 1.54) is 16.7 Å². The van der Waals surface area contributed by atoms with Gasteiger partial charge >= 0.3 is 0 Å². The zero-order valence-corrected chi connectivity index (χ0v) is 24.2. The lowest BCUT2D eigenvalue weighted by molar-refractivity contribution is 0.00988. The molecule has 6 aromatic rings. The Kier molecular flexibility index (Phi) is 7.87. The largest absolute Gasteiger partial charge is 0.436 e. The lowest BCUT2D eigenvalue weighted by Crippen LogP contribution is -2.51. The van der Waals surface area contributed by atoms with Crippen LogP contribution in [0.15, 0.2) is 144 Å². The van der Waals surface area contributed by atoms with Gasteiger partial charge in [0, 0.05) is 11.6 Å². The van der Waals surface area contributed by atoms with Crippen LogP contribution in [0.25, 0.3) is 22.6 Å². The topological polar surface area (TPSA) is 47.3 Å². The molecule has 1 fully saturated rings. The second-order valence-electron chi connectivity index (χ2n) is 11.5. The van der Waals surface area contributed by atoms with Crippen LogP contribution < -0.4 is 5.32 Å². The Labute approximate surface area is 253 Å². The second kappa shape index (κ2) is 12.4. The van der Waals surface area contributed by atoms with Crippen LogP contribution in [0.2, 0.25) is 0 Å². The van der Waals surface area contributed by atoms with Gasteiger partial charge in [0.25, 0.3) is 0 Å². The summed E-state index contributed by atoms with van der Waals surface area (Å²) in [6.45, 7) is 0.610. The van der Waals surface area contributed by atoms with E-state index in [4.69, 9.17) is 9.15 Å². The molecule has 0 aliphatic heterocycles. The molecule has 1 aromatic heterocycles. The van der Waals surface area contributed by atoms with E-state index in [-0.39, 0.29) is 6.10 Å². The number of nitrogens with one attached hydrogen (secondary N) is 1. The molecule has 43 heavy (non-hydrogen) atoms. The zero-order chi connectivity index (χ0) is 28.9. The van der Waals surface area contributed by atoms with Crippen LogP contribution in [0.3, 0.4) is 0 Å². The average molecular weight is 565 g/mol. The summed E-state index contributed by atoms with van der Waals surface area (Å²) in [5.41, 5.74) is 7.17. The van der Waals surface area contributed by atoms with Crippen LogP contribution in [0.1, 0.15) is 47.9 Å². The van der Waals surface area contributed by atoms with Gasteiger partial charge in [-0.05, 0) is 72.2 Å². The van der Waals surface area contributed by atoms with Gasteiger partial charge in [0.2, 0.25) is 5.89 Å². The van der Waals surface area contributed by atoms with Crippen molar-refractivity contribution in [3.8, 4) is 11.5 Å². The van der Waals surface area contributed by atoms with Crippen LogP contribution in [-0.2, 0) is 16.9 Å². The molecule has 1 aliphatic rings. The van der Waals surface area contributed by atoms with Gasteiger partial charge < -0.3 is 9.15 Å². The molecule has 4 heteroatoms. The van der Waals surface area contributed by atoms with Gasteiger partial charge in [-0.25, -0.2) is 4.98 Å². The highest BCUT2D eigenvalue weighted by atomic mass is 16.5. The number of ether oxygens (including phenoxy) is 1. The van der Waals surface area contributed by atoms with E-state index in [0.29, 0.717) is 18.5 Å². The molecular weight excluding hydrogens is 528 g/mol. The van der Waals surface area contributed by atoms with Crippen LogP contribution in [-0.4, -0.2) is 17.1 Å². The summed E-state index contributed by atoms with van der Waals surface area (Å²) in [5.74, 6) is 0.650. The monoisotopic (exact) mass is 564 g/mol. The molecule has 1 saturated carbocycles.